The van der Waals surface area contributed by atoms with Crippen LogP contribution in [0.15, 0.2) is 65.7 Å². The van der Waals surface area contributed by atoms with E-state index in [-0.39, 0.29) is 5.91 Å². The van der Waals surface area contributed by atoms with Gasteiger partial charge in [0.05, 0.1) is 11.4 Å². The van der Waals surface area contributed by atoms with Crippen LogP contribution in [0.4, 0.5) is 11.4 Å². The molecule has 0 fully saturated rings. The molecule has 23 heavy (non-hydrogen) atoms. The van der Waals surface area contributed by atoms with Gasteiger partial charge in [-0.2, -0.15) is 0 Å². The van der Waals surface area contributed by atoms with E-state index in [2.05, 4.69) is 4.99 Å². The average molecular weight is 300 g/mol. The molecule has 0 saturated carbocycles. The first-order valence-corrected chi connectivity index (χ1v) is 7.76. The van der Waals surface area contributed by atoms with Crippen LogP contribution >= 0.6 is 0 Å². The molecule has 3 aromatic carbocycles. The number of anilines is 1. The molecule has 0 spiro atoms. The van der Waals surface area contributed by atoms with Crippen LogP contribution in [0, 0.1) is 0 Å². The molecule has 3 aromatic rings. The second-order valence-corrected chi connectivity index (χ2v) is 5.55. The molecule has 0 unspecified atom stereocenters. The summed E-state index contributed by atoms with van der Waals surface area (Å²) in [5.41, 5.74) is 3.71. The van der Waals surface area contributed by atoms with Crippen molar-refractivity contribution in [2.75, 3.05) is 11.4 Å². The maximum Gasteiger partial charge on any atom is 0.258 e. The summed E-state index contributed by atoms with van der Waals surface area (Å²) in [5, 5.41) is 2.04. The Balaban J connectivity index is 1.87. The van der Waals surface area contributed by atoms with Crippen molar-refractivity contribution in [2.24, 2.45) is 4.99 Å². The van der Waals surface area contributed by atoms with Crippen molar-refractivity contribution in [1.82, 2.24) is 0 Å². The summed E-state index contributed by atoms with van der Waals surface area (Å²) in [4.78, 5) is 18.9. The summed E-state index contributed by atoms with van der Waals surface area (Å²) in [6.07, 6.45) is 1.86. The van der Waals surface area contributed by atoms with Crippen molar-refractivity contribution in [3.05, 3.63) is 71.8 Å². The summed E-state index contributed by atoms with van der Waals surface area (Å²) in [5.74, 6) is 0.0808. The summed E-state index contributed by atoms with van der Waals surface area (Å²) >= 11 is 0. The third kappa shape index (κ3) is 2.13. The Morgan fingerprint density at radius 3 is 2.61 bits per heavy atom. The number of hydrogen-bond acceptors (Lipinski definition) is 2. The molecule has 0 N–H and O–H groups in total. The molecular weight excluding hydrogens is 284 g/mol. The number of hydrogen-bond donors (Lipinski definition) is 0. The Morgan fingerprint density at radius 2 is 1.83 bits per heavy atom. The fraction of sp³-hybridized carbons (Fsp3) is 0.100. The zero-order valence-corrected chi connectivity index (χ0v) is 12.9. The van der Waals surface area contributed by atoms with E-state index in [4.69, 9.17) is 0 Å². The molecule has 1 heterocycles. The molecule has 3 heteroatoms. The smallest absolute Gasteiger partial charge is 0.258 e. The highest BCUT2D eigenvalue weighted by Crippen LogP contribution is 2.41. The molecule has 1 amide bonds. The van der Waals surface area contributed by atoms with Crippen LogP contribution in [0.3, 0.4) is 0 Å². The first kappa shape index (κ1) is 13.7. The number of benzene rings is 3. The zero-order valence-electron chi connectivity index (χ0n) is 12.9. The molecule has 0 saturated heterocycles. The monoisotopic (exact) mass is 300 g/mol. The lowest BCUT2D eigenvalue weighted by Gasteiger charge is -2.14. The van der Waals surface area contributed by atoms with Crippen molar-refractivity contribution < 1.29 is 4.79 Å². The fourth-order valence-electron chi connectivity index (χ4n) is 3.14. The zero-order chi connectivity index (χ0) is 15.8. The lowest BCUT2D eigenvalue weighted by molar-refractivity contribution is 0.0994. The van der Waals surface area contributed by atoms with Gasteiger partial charge >= 0.3 is 0 Å². The van der Waals surface area contributed by atoms with E-state index in [0.29, 0.717) is 6.54 Å². The molecule has 1 aliphatic heterocycles. The van der Waals surface area contributed by atoms with Gasteiger partial charge in [-0.05, 0) is 30.7 Å². The topological polar surface area (TPSA) is 32.7 Å². The summed E-state index contributed by atoms with van der Waals surface area (Å²) in [6, 6.07) is 19.9. The highest BCUT2D eigenvalue weighted by Gasteiger charge is 2.28. The second-order valence-electron chi connectivity index (χ2n) is 5.55. The van der Waals surface area contributed by atoms with Gasteiger partial charge in [0, 0.05) is 29.1 Å². The van der Waals surface area contributed by atoms with Crippen LogP contribution in [-0.2, 0) is 0 Å². The highest BCUT2D eigenvalue weighted by molar-refractivity contribution is 6.26. The minimum atomic E-state index is 0.0808. The van der Waals surface area contributed by atoms with Crippen LogP contribution in [0.2, 0.25) is 0 Å². The van der Waals surface area contributed by atoms with Crippen LogP contribution in [0.25, 0.3) is 10.8 Å². The van der Waals surface area contributed by atoms with Crippen molar-refractivity contribution in [2.45, 2.75) is 6.92 Å². The second kappa shape index (κ2) is 5.36. The van der Waals surface area contributed by atoms with Gasteiger partial charge in [0.25, 0.3) is 5.91 Å². The SMILES string of the molecule is CCN1C(=O)c2cccc3c(N=Cc4ccccc4)ccc1c23. The fourth-order valence-corrected chi connectivity index (χ4v) is 3.14. The molecule has 4 rings (SSSR count). The minimum absolute atomic E-state index is 0.0808. The van der Waals surface area contributed by atoms with Gasteiger partial charge < -0.3 is 4.90 Å². The first-order valence-electron chi connectivity index (χ1n) is 7.76. The lowest BCUT2D eigenvalue weighted by Crippen LogP contribution is -2.25. The number of carbonyl (C=O) groups is 1. The van der Waals surface area contributed by atoms with Crippen molar-refractivity contribution in [3.63, 3.8) is 0 Å². The Bertz CT molecular complexity index is 929. The van der Waals surface area contributed by atoms with E-state index >= 15 is 0 Å². The van der Waals surface area contributed by atoms with Crippen LogP contribution < -0.4 is 4.90 Å². The Hall–Kier alpha value is -2.94. The van der Waals surface area contributed by atoms with Gasteiger partial charge in [-0.15, -0.1) is 0 Å². The average Bonchev–Trinajstić information content (AvgIpc) is 2.89. The van der Waals surface area contributed by atoms with Gasteiger partial charge in [-0.1, -0.05) is 42.5 Å². The number of nitrogens with zero attached hydrogens (tertiary/aromatic N) is 2. The molecule has 0 aliphatic carbocycles. The molecular formula is C20H16N2O. The normalized spacial score (nSPS) is 13.4. The molecule has 112 valence electrons. The maximum atomic E-state index is 12.5. The van der Waals surface area contributed by atoms with E-state index in [1.807, 2.05) is 78.7 Å². The molecule has 0 radical (unpaired) electrons. The lowest BCUT2D eigenvalue weighted by atomic mass is 10.0. The van der Waals surface area contributed by atoms with E-state index in [1.54, 1.807) is 0 Å². The number of amides is 1. The number of aliphatic imine (C=N–C) groups is 1. The number of rotatable bonds is 3. The van der Waals surface area contributed by atoms with Crippen LogP contribution in [0.5, 0.6) is 0 Å². The van der Waals surface area contributed by atoms with Gasteiger partial charge in [0.2, 0.25) is 0 Å². The third-order valence-corrected chi connectivity index (χ3v) is 4.23. The Kier molecular flexibility index (Phi) is 3.19. The van der Waals surface area contributed by atoms with Crippen LogP contribution in [0.1, 0.15) is 22.8 Å². The van der Waals surface area contributed by atoms with Crippen LogP contribution in [-0.4, -0.2) is 18.7 Å². The first-order chi connectivity index (χ1) is 11.3. The van der Waals surface area contributed by atoms with Gasteiger partial charge in [-0.3, -0.25) is 9.79 Å². The van der Waals surface area contributed by atoms with Gasteiger partial charge in [-0.25, -0.2) is 0 Å². The molecule has 3 nitrogen and oxygen atoms in total. The molecule has 0 atom stereocenters. The van der Waals surface area contributed by atoms with Gasteiger partial charge in [0.15, 0.2) is 0 Å². The van der Waals surface area contributed by atoms with Gasteiger partial charge in [0.1, 0.15) is 0 Å². The Labute approximate surface area is 134 Å². The third-order valence-electron chi connectivity index (χ3n) is 4.23. The molecule has 0 bridgehead atoms. The predicted molar refractivity (Wildman–Crippen MR) is 95.0 cm³/mol. The quantitative estimate of drug-likeness (QED) is 0.652. The van der Waals surface area contributed by atoms with E-state index in [9.17, 15) is 4.79 Å². The van der Waals surface area contributed by atoms with E-state index in [1.165, 1.54) is 0 Å². The van der Waals surface area contributed by atoms with E-state index < -0.39 is 0 Å². The predicted octanol–water partition coefficient (Wildman–Crippen LogP) is 4.57. The largest absolute Gasteiger partial charge is 0.308 e. The summed E-state index contributed by atoms with van der Waals surface area (Å²) in [6.45, 7) is 2.67. The highest BCUT2D eigenvalue weighted by atomic mass is 16.2. The minimum Gasteiger partial charge on any atom is -0.308 e. The standard InChI is InChI=1S/C20H16N2O/c1-2-22-18-12-11-17(21-13-14-7-4-3-5-8-14)15-9-6-10-16(19(15)18)20(22)23/h3-13H,2H2,1H3. The van der Waals surface area contributed by atoms with E-state index in [0.717, 1.165) is 33.3 Å². The molecule has 1 aliphatic rings. The number of carbonyl (C=O) groups excluding carboxylic acids is 1. The molecule has 0 aromatic heterocycles. The summed E-state index contributed by atoms with van der Waals surface area (Å²) in [7, 11) is 0. The maximum absolute atomic E-state index is 12.5. The van der Waals surface area contributed by atoms with Crippen molar-refractivity contribution >= 4 is 34.3 Å². The summed E-state index contributed by atoms with van der Waals surface area (Å²) < 4.78 is 0. The van der Waals surface area contributed by atoms with Crippen molar-refractivity contribution in [1.29, 1.82) is 0 Å². The Morgan fingerprint density at radius 1 is 1.00 bits per heavy atom. The van der Waals surface area contributed by atoms with Crippen molar-refractivity contribution in [3.8, 4) is 0 Å².